The first-order chi connectivity index (χ1) is 15.2. The second-order valence-electron chi connectivity index (χ2n) is 9.12. The number of imidazole rings is 1. The Morgan fingerprint density at radius 2 is 1.97 bits per heavy atom. The van der Waals surface area contributed by atoms with Gasteiger partial charge in [-0.1, -0.05) is 37.2 Å². The Balaban J connectivity index is 1.41. The highest BCUT2D eigenvalue weighted by molar-refractivity contribution is 7.99. The lowest BCUT2D eigenvalue weighted by molar-refractivity contribution is 0.00788. The van der Waals surface area contributed by atoms with E-state index in [-0.39, 0.29) is 5.41 Å². The summed E-state index contributed by atoms with van der Waals surface area (Å²) in [6.07, 6.45) is 7.12. The molecule has 2 fully saturated rings. The Labute approximate surface area is 196 Å². The van der Waals surface area contributed by atoms with Crippen molar-refractivity contribution in [2.24, 2.45) is 5.41 Å². The first-order valence-electron chi connectivity index (χ1n) is 10.6. The molecule has 168 valence electrons. The number of halogens is 1. The van der Waals surface area contributed by atoms with E-state index in [2.05, 4.69) is 28.7 Å². The van der Waals surface area contributed by atoms with Gasteiger partial charge in [0.2, 0.25) is 5.95 Å². The van der Waals surface area contributed by atoms with Crippen LogP contribution in [-0.4, -0.2) is 50.4 Å². The van der Waals surface area contributed by atoms with E-state index in [0.717, 1.165) is 53.0 Å². The maximum absolute atomic E-state index is 8.65. The van der Waals surface area contributed by atoms with Gasteiger partial charge in [-0.15, -0.1) is 0 Å². The number of fused-ring (bicyclic) bond motifs is 1. The second kappa shape index (κ2) is 7.60. The topological polar surface area (TPSA) is 105 Å². The largest absolute Gasteiger partial charge is 0.384 e. The van der Waals surface area contributed by atoms with Gasteiger partial charge in [0, 0.05) is 47.7 Å². The van der Waals surface area contributed by atoms with Gasteiger partial charge in [0.15, 0.2) is 5.65 Å². The fraction of sp³-hybridized carbons (Fsp3) is 0.455. The van der Waals surface area contributed by atoms with E-state index in [1.165, 1.54) is 11.8 Å². The molecule has 0 radical (unpaired) electrons. The molecule has 2 aliphatic heterocycles. The maximum Gasteiger partial charge on any atom is 0.211 e. The lowest BCUT2D eigenvalue weighted by atomic mass is 9.77. The van der Waals surface area contributed by atoms with Gasteiger partial charge in [0.05, 0.1) is 22.2 Å². The van der Waals surface area contributed by atoms with Crippen molar-refractivity contribution < 1.29 is 4.74 Å². The van der Waals surface area contributed by atoms with Crippen LogP contribution in [0.5, 0.6) is 0 Å². The van der Waals surface area contributed by atoms with E-state index in [9.17, 15) is 0 Å². The summed E-state index contributed by atoms with van der Waals surface area (Å²) in [5.41, 5.74) is 7.54. The summed E-state index contributed by atoms with van der Waals surface area (Å²) in [6, 6.07) is 1.77. The van der Waals surface area contributed by atoms with E-state index >= 15 is 0 Å². The van der Waals surface area contributed by atoms with E-state index < -0.39 is 5.60 Å². The molecular weight excluding hydrogens is 446 g/mol. The van der Waals surface area contributed by atoms with Crippen LogP contribution in [0.1, 0.15) is 32.4 Å². The van der Waals surface area contributed by atoms with Gasteiger partial charge in [-0.3, -0.25) is 4.40 Å². The van der Waals surface area contributed by atoms with Crippen LogP contribution in [0.2, 0.25) is 5.02 Å². The minimum atomic E-state index is -0.431. The van der Waals surface area contributed by atoms with Crippen LogP contribution in [0, 0.1) is 17.7 Å². The number of hydrogen-bond donors (Lipinski definition) is 2. The zero-order chi connectivity index (χ0) is 22.7. The number of anilines is 2. The van der Waals surface area contributed by atoms with Gasteiger partial charge in [0.1, 0.15) is 11.4 Å². The van der Waals surface area contributed by atoms with Gasteiger partial charge in [-0.05, 0) is 25.8 Å². The molecule has 0 unspecified atom stereocenters. The standard InChI is InChI=1S/C22H26ClN7OS/c1-13-17(23)14(10-16(24)28-13)32-15-11-27-20(30-9-6-26-18(15)30)29-7-4-22(5-8-29)19(25)21(2,3)12-31-22/h6,9-11,25H,4-5,7-8,12H2,1-3H3,(H2,24,28). The molecule has 32 heavy (non-hydrogen) atoms. The molecule has 3 N–H and O–H groups in total. The number of pyridine rings is 1. The summed E-state index contributed by atoms with van der Waals surface area (Å²) in [7, 11) is 0. The van der Waals surface area contributed by atoms with Crippen LogP contribution < -0.4 is 10.6 Å². The third kappa shape index (κ3) is 3.43. The average molecular weight is 472 g/mol. The lowest BCUT2D eigenvalue weighted by Gasteiger charge is -2.39. The van der Waals surface area contributed by atoms with Crippen molar-refractivity contribution in [2.45, 2.75) is 49.0 Å². The summed E-state index contributed by atoms with van der Waals surface area (Å²) in [5, 5.41) is 9.24. The SMILES string of the molecule is Cc1nc(N)cc(Sc2cnc(N3CCC4(CC3)OCC(C)(C)C4=N)n3ccnc23)c1Cl. The molecule has 0 atom stereocenters. The first-order valence-corrected chi connectivity index (χ1v) is 11.8. The van der Waals surface area contributed by atoms with Gasteiger partial charge in [-0.2, -0.15) is 0 Å². The number of nitrogens with one attached hydrogen (secondary N) is 1. The molecule has 0 amide bonds. The minimum absolute atomic E-state index is 0.188. The first kappa shape index (κ1) is 21.5. The Morgan fingerprint density at radius 1 is 1.22 bits per heavy atom. The molecule has 2 aliphatic rings. The number of ether oxygens (including phenoxy) is 1. The number of aromatic nitrogens is 4. The highest BCUT2D eigenvalue weighted by atomic mass is 35.5. The molecule has 3 aromatic heterocycles. The number of nitrogen functional groups attached to an aromatic ring is 1. The van der Waals surface area contributed by atoms with Crippen molar-refractivity contribution in [1.29, 1.82) is 5.41 Å². The monoisotopic (exact) mass is 471 g/mol. The Kier molecular flexibility index (Phi) is 5.11. The Morgan fingerprint density at radius 3 is 2.66 bits per heavy atom. The second-order valence-corrected chi connectivity index (χ2v) is 10.6. The smallest absolute Gasteiger partial charge is 0.211 e. The van der Waals surface area contributed by atoms with Crippen LogP contribution in [0.25, 0.3) is 5.65 Å². The third-order valence-corrected chi connectivity index (χ3v) is 8.04. The van der Waals surface area contributed by atoms with Crippen LogP contribution in [-0.2, 0) is 4.74 Å². The molecule has 0 aromatic carbocycles. The zero-order valence-corrected chi connectivity index (χ0v) is 19.9. The molecular formula is C22H26ClN7OS. The van der Waals surface area contributed by atoms with Crippen molar-refractivity contribution in [3.8, 4) is 0 Å². The predicted molar refractivity (Wildman–Crippen MR) is 127 cm³/mol. The van der Waals surface area contributed by atoms with Crippen LogP contribution in [0.4, 0.5) is 11.8 Å². The van der Waals surface area contributed by atoms with Crippen molar-refractivity contribution in [3.63, 3.8) is 0 Å². The molecule has 0 bridgehead atoms. The van der Waals surface area contributed by atoms with Crippen molar-refractivity contribution in [3.05, 3.63) is 35.4 Å². The van der Waals surface area contributed by atoms with E-state index in [1.807, 2.05) is 23.7 Å². The molecule has 3 aromatic rings. The van der Waals surface area contributed by atoms with Gasteiger partial charge < -0.3 is 20.8 Å². The van der Waals surface area contributed by atoms with Crippen molar-refractivity contribution >= 4 is 46.5 Å². The third-order valence-electron chi connectivity index (χ3n) is 6.40. The van der Waals surface area contributed by atoms with Gasteiger partial charge >= 0.3 is 0 Å². The number of nitrogens with two attached hydrogens (primary N) is 1. The van der Waals surface area contributed by atoms with Crippen molar-refractivity contribution in [2.75, 3.05) is 30.3 Å². The lowest BCUT2D eigenvalue weighted by Crippen LogP contribution is -2.50. The quantitative estimate of drug-likeness (QED) is 0.588. The number of nitrogens with zero attached hydrogens (tertiary/aromatic N) is 5. The van der Waals surface area contributed by atoms with Crippen molar-refractivity contribution in [1.82, 2.24) is 19.4 Å². The molecule has 10 heteroatoms. The molecule has 0 saturated carbocycles. The van der Waals surface area contributed by atoms with Gasteiger partial charge in [-0.25, -0.2) is 15.0 Å². The van der Waals surface area contributed by atoms with E-state index in [0.29, 0.717) is 23.1 Å². The molecule has 8 nitrogen and oxygen atoms in total. The van der Waals surface area contributed by atoms with Crippen LogP contribution >= 0.6 is 23.4 Å². The summed E-state index contributed by atoms with van der Waals surface area (Å²) in [6.45, 7) is 8.19. The normalized spacial score (nSPS) is 19.9. The Bertz CT molecular complexity index is 1220. The summed E-state index contributed by atoms with van der Waals surface area (Å²) in [5.74, 6) is 1.28. The number of hydrogen-bond acceptors (Lipinski definition) is 8. The summed E-state index contributed by atoms with van der Waals surface area (Å²) in [4.78, 5) is 17.5. The summed E-state index contributed by atoms with van der Waals surface area (Å²) >= 11 is 7.94. The molecule has 2 saturated heterocycles. The maximum atomic E-state index is 8.65. The summed E-state index contributed by atoms with van der Waals surface area (Å²) < 4.78 is 8.17. The zero-order valence-electron chi connectivity index (χ0n) is 18.4. The van der Waals surface area contributed by atoms with E-state index in [4.69, 9.17) is 32.5 Å². The number of piperidine rings is 1. The predicted octanol–water partition coefficient (Wildman–Crippen LogP) is 4.23. The minimum Gasteiger partial charge on any atom is -0.384 e. The highest BCUT2D eigenvalue weighted by Crippen LogP contribution is 2.43. The fourth-order valence-corrected chi connectivity index (χ4v) is 5.79. The Hall–Kier alpha value is -2.36. The fourth-order valence-electron chi connectivity index (χ4n) is 4.58. The molecule has 0 aliphatic carbocycles. The average Bonchev–Trinajstić information content (AvgIpc) is 3.33. The van der Waals surface area contributed by atoms with E-state index in [1.54, 1.807) is 12.3 Å². The molecule has 1 spiro atoms. The molecule has 5 rings (SSSR count). The van der Waals surface area contributed by atoms with Crippen LogP contribution in [0.15, 0.2) is 34.4 Å². The number of rotatable bonds is 3. The number of aryl methyl sites for hydroxylation is 1. The molecule has 5 heterocycles. The van der Waals surface area contributed by atoms with Gasteiger partial charge in [0.25, 0.3) is 0 Å². The van der Waals surface area contributed by atoms with Crippen LogP contribution in [0.3, 0.4) is 0 Å². The highest BCUT2D eigenvalue weighted by Gasteiger charge is 2.51.